The van der Waals surface area contributed by atoms with Crippen LogP contribution in [0.3, 0.4) is 0 Å². The van der Waals surface area contributed by atoms with E-state index in [1.54, 1.807) is 6.92 Å². The van der Waals surface area contributed by atoms with Crippen LogP contribution < -0.4 is 15.8 Å². The number of rotatable bonds is 5. The van der Waals surface area contributed by atoms with Crippen molar-refractivity contribution in [1.29, 1.82) is 0 Å². The minimum atomic E-state index is -0.288. The molecule has 5 rings (SSSR count). The van der Waals surface area contributed by atoms with Gasteiger partial charge in [-0.1, -0.05) is 60.7 Å². The molecule has 4 heteroatoms. The summed E-state index contributed by atoms with van der Waals surface area (Å²) in [6.07, 6.45) is 19.1. The summed E-state index contributed by atoms with van der Waals surface area (Å²) in [6, 6.07) is 13.0. The van der Waals surface area contributed by atoms with Crippen LogP contribution in [-0.2, 0) is 27.2 Å². The summed E-state index contributed by atoms with van der Waals surface area (Å²) in [5.74, 6) is -0.254. The highest BCUT2D eigenvalue weighted by Crippen LogP contribution is 2.25. The van der Waals surface area contributed by atoms with Gasteiger partial charge in [0.2, 0.25) is 0 Å². The lowest BCUT2D eigenvalue weighted by atomic mass is 9.83. The summed E-state index contributed by atoms with van der Waals surface area (Å²) >= 11 is 0. The minimum absolute atomic E-state index is 0.107. The zero-order valence-electron chi connectivity index (χ0n) is 19.6. The normalized spacial score (nSPS) is 16.7. The highest BCUT2D eigenvalue weighted by molar-refractivity contribution is 5.89. The van der Waals surface area contributed by atoms with Crippen LogP contribution in [0.15, 0.2) is 73.1 Å². The van der Waals surface area contributed by atoms with Crippen LogP contribution in [-0.4, -0.2) is 18.4 Å². The Balaban J connectivity index is 0.000000336. The van der Waals surface area contributed by atoms with Crippen molar-refractivity contribution in [3.63, 3.8) is 0 Å². The first-order valence-electron chi connectivity index (χ1n) is 12.0. The van der Waals surface area contributed by atoms with Gasteiger partial charge in [-0.15, -0.1) is 0 Å². The molecular weight excluding hydrogens is 422 g/mol. The smallest absolute Gasteiger partial charge is 0.306 e. The van der Waals surface area contributed by atoms with Crippen molar-refractivity contribution in [2.45, 2.75) is 39.0 Å². The third-order valence-electron chi connectivity index (χ3n) is 6.32. The maximum atomic E-state index is 12.6. The SMILES string of the molecule is C1=CC=CNC=C1.CCOC(=O)CCC(=O)C1C=c2c(ccc3c2=CCc2ccccc2-3)CC1. The van der Waals surface area contributed by atoms with Crippen LogP contribution >= 0.6 is 0 Å². The van der Waals surface area contributed by atoms with Crippen LogP contribution in [0.5, 0.6) is 0 Å². The second-order valence-corrected chi connectivity index (χ2v) is 8.52. The van der Waals surface area contributed by atoms with Gasteiger partial charge in [0.05, 0.1) is 13.0 Å². The number of ether oxygens (including phenoxy) is 1. The number of esters is 1. The van der Waals surface area contributed by atoms with E-state index in [9.17, 15) is 9.59 Å². The van der Waals surface area contributed by atoms with E-state index in [4.69, 9.17) is 4.74 Å². The lowest BCUT2D eigenvalue weighted by molar-refractivity contribution is -0.144. The van der Waals surface area contributed by atoms with Gasteiger partial charge in [-0.25, -0.2) is 0 Å². The Morgan fingerprint density at radius 3 is 2.50 bits per heavy atom. The summed E-state index contributed by atoms with van der Waals surface area (Å²) in [7, 11) is 0. The molecule has 1 aliphatic heterocycles. The third kappa shape index (κ3) is 5.63. The van der Waals surface area contributed by atoms with Crippen LogP contribution in [0.2, 0.25) is 0 Å². The van der Waals surface area contributed by atoms with E-state index in [2.05, 4.69) is 53.9 Å². The molecule has 2 aromatic carbocycles. The van der Waals surface area contributed by atoms with Gasteiger partial charge in [0.25, 0.3) is 0 Å². The fourth-order valence-corrected chi connectivity index (χ4v) is 4.62. The predicted octanol–water partition coefficient (Wildman–Crippen LogP) is 4.12. The quantitative estimate of drug-likeness (QED) is 0.692. The summed E-state index contributed by atoms with van der Waals surface area (Å²) in [5, 5.41) is 5.39. The molecule has 2 aliphatic carbocycles. The molecular formula is C30H31NO3. The van der Waals surface area contributed by atoms with E-state index in [1.165, 1.54) is 32.7 Å². The molecule has 4 nitrogen and oxygen atoms in total. The molecule has 0 aromatic heterocycles. The lowest BCUT2D eigenvalue weighted by Gasteiger charge is -2.21. The number of aryl methyl sites for hydroxylation is 1. The summed E-state index contributed by atoms with van der Waals surface area (Å²) in [4.78, 5) is 24.2. The van der Waals surface area contributed by atoms with Gasteiger partial charge in [0.15, 0.2) is 0 Å². The predicted molar refractivity (Wildman–Crippen MR) is 137 cm³/mol. The molecule has 0 bridgehead atoms. The van der Waals surface area contributed by atoms with Crippen molar-refractivity contribution in [2.24, 2.45) is 5.92 Å². The number of hydrogen-bond donors (Lipinski definition) is 1. The average Bonchev–Trinajstić information content (AvgIpc) is 3.20. The minimum Gasteiger partial charge on any atom is -0.466 e. The molecule has 0 amide bonds. The van der Waals surface area contributed by atoms with E-state index in [0.29, 0.717) is 6.61 Å². The molecule has 0 saturated carbocycles. The van der Waals surface area contributed by atoms with E-state index in [-0.39, 0.29) is 30.5 Å². The first-order chi connectivity index (χ1) is 16.7. The topological polar surface area (TPSA) is 55.4 Å². The second-order valence-electron chi connectivity index (χ2n) is 8.52. The van der Waals surface area contributed by atoms with Crippen LogP contribution in [0.25, 0.3) is 23.3 Å². The zero-order valence-corrected chi connectivity index (χ0v) is 19.6. The van der Waals surface area contributed by atoms with Gasteiger partial charge in [-0.05, 0) is 71.0 Å². The number of allylic oxidation sites excluding steroid dienone is 4. The van der Waals surface area contributed by atoms with Crippen molar-refractivity contribution in [3.05, 3.63) is 94.7 Å². The molecule has 34 heavy (non-hydrogen) atoms. The van der Waals surface area contributed by atoms with Crippen molar-refractivity contribution < 1.29 is 14.3 Å². The standard InChI is InChI=1S/C24H24O3.C6H7N/c1-2-27-24(26)14-13-23(25)18-8-7-17-10-11-20-19-6-4-3-5-16(19)9-12-21(20)22(17)15-18;1-2-4-6-7-5-3-1/h3-6,10-12,15,18H,2,7-9,13-14H2,1H3;1-7H. The number of carbonyl (C=O) groups is 2. The first kappa shape index (κ1) is 23.5. The molecule has 1 unspecified atom stereocenters. The number of fused-ring (bicyclic) bond motifs is 5. The number of benzene rings is 2. The second kappa shape index (κ2) is 11.5. The Hall–Kier alpha value is -3.66. The molecule has 1 atom stereocenters. The Kier molecular flexibility index (Phi) is 7.92. The Morgan fingerprint density at radius 1 is 0.912 bits per heavy atom. The molecule has 0 radical (unpaired) electrons. The molecule has 3 aliphatic rings. The van der Waals surface area contributed by atoms with Crippen LogP contribution in [0.1, 0.15) is 37.3 Å². The number of ketones is 1. The van der Waals surface area contributed by atoms with Gasteiger partial charge in [-0.3, -0.25) is 9.59 Å². The highest BCUT2D eigenvalue weighted by atomic mass is 16.5. The molecule has 1 N–H and O–H groups in total. The number of nitrogens with one attached hydrogen (secondary N) is 1. The number of Topliss-reactive ketones (excluding diaryl/α,β-unsaturated/α-hetero) is 1. The summed E-state index contributed by atoms with van der Waals surface area (Å²) in [5.41, 5.74) is 5.22. The Labute approximate surface area is 201 Å². The Morgan fingerprint density at radius 2 is 1.71 bits per heavy atom. The van der Waals surface area contributed by atoms with Crippen molar-refractivity contribution in [3.8, 4) is 11.1 Å². The van der Waals surface area contributed by atoms with E-state index in [1.807, 2.05) is 36.7 Å². The molecule has 174 valence electrons. The van der Waals surface area contributed by atoms with E-state index in [0.717, 1.165) is 19.3 Å². The van der Waals surface area contributed by atoms with Crippen molar-refractivity contribution >= 4 is 23.9 Å². The van der Waals surface area contributed by atoms with Gasteiger partial charge in [0, 0.05) is 24.7 Å². The summed E-state index contributed by atoms with van der Waals surface area (Å²) in [6.45, 7) is 2.14. The first-order valence-corrected chi connectivity index (χ1v) is 12.0. The van der Waals surface area contributed by atoms with Gasteiger partial charge >= 0.3 is 5.97 Å². The molecule has 1 heterocycles. The fourth-order valence-electron chi connectivity index (χ4n) is 4.62. The van der Waals surface area contributed by atoms with E-state index >= 15 is 0 Å². The van der Waals surface area contributed by atoms with Crippen LogP contribution in [0.4, 0.5) is 0 Å². The van der Waals surface area contributed by atoms with Crippen molar-refractivity contribution in [2.75, 3.05) is 6.61 Å². The maximum absolute atomic E-state index is 12.6. The zero-order chi connectivity index (χ0) is 23.8. The lowest BCUT2D eigenvalue weighted by Crippen LogP contribution is -2.37. The highest BCUT2D eigenvalue weighted by Gasteiger charge is 2.22. The fraction of sp³-hybridized carbons (Fsp3) is 0.267. The van der Waals surface area contributed by atoms with Gasteiger partial charge < -0.3 is 10.1 Å². The maximum Gasteiger partial charge on any atom is 0.306 e. The van der Waals surface area contributed by atoms with Crippen LogP contribution in [0, 0.1) is 5.92 Å². The van der Waals surface area contributed by atoms with E-state index < -0.39 is 0 Å². The Bertz CT molecular complexity index is 1250. The molecule has 0 saturated heterocycles. The molecule has 0 fully saturated rings. The van der Waals surface area contributed by atoms with Crippen molar-refractivity contribution in [1.82, 2.24) is 5.32 Å². The average molecular weight is 454 g/mol. The largest absolute Gasteiger partial charge is 0.466 e. The third-order valence-corrected chi connectivity index (χ3v) is 6.32. The number of carbonyl (C=O) groups excluding carboxylic acids is 2. The van der Waals surface area contributed by atoms with Gasteiger partial charge in [-0.2, -0.15) is 0 Å². The van der Waals surface area contributed by atoms with Gasteiger partial charge in [0.1, 0.15) is 5.78 Å². The summed E-state index contributed by atoms with van der Waals surface area (Å²) < 4.78 is 4.94. The molecule has 2 aromatic rings. The monoisotopic (exact) mass is 453 g/mol. The number of hydrogen-bond acceptors (Lipinski definition) is 4. The molecule has 0 spiro atoms.